The predicted molar refractivity (Wildman–Crippen MR) is 67.2 cm³/mol. The van der Waals surface area contributed by atoms with Gasteiger partial charge in [0, 0.05) is 5.56 Å². The number of nitrogens with one attached hydrogen (secondary N) is 1. The van der Waals surface area contributed by atoms with E-state index in [-0.39, 0.29) is 6.61 Å². The van der Waals surface area contributed by atoms with Crippen LogP contribution < -0.4 is 14.9 Å². The number of methoxy groups -OCH3 is 2. The van der Waals surface area contributed by atoms with Gasteiger partial charge in [0.05, 0.1) is 38.6 Å². The zero-order chi connectivity index (χ0) is 12.7. The third-order valence-electron chi connectivity index (χ3n) is 2.03. The van der Waals surface area contributed by atoms with Crippen molar-refractivity contribution in [2.75, 3.05) is 27.4 Å². The Kier molecular flexibility index (Phi) is 5.59. The summed E-state index contributed by atoms with van der Waals surface area (Å²) < 4.78 is 10.3. The van der Waals surface area contributed by atoms with Crippen LogP contribution in [0.15, 0.2) is 17.2 Å². The van der Waals surface area contributed by atoms with Crippen LogP contribution in [-0.2, 0) is 0 Å². The van der Waals surface area contributed by atoms with E-state index < -0.39 is 0 Å². The van der Waals surface area contributed by atoms with E-state index in [1.807, 2.05) is 0 Å². The molecular weight excluding hydrogens is 244 g/mol. The molecule has 0 spiro atoms. The lowest BCUT2D eigenvalue weighted by molar-refractivity contribution is 0.294. The van der Waals surface area contributed by atoms with Crippen LogP contribution in [0.5, 0.6) is 11.5 Å². The number of hydrazone groups is 1. The Morgan fingerprint density at radius 2 is 2.18 bits per heavy atom. The van der Waals surface area contributed by atoms with E-state index in [9.17, 15) is 0 Å². The van der Waals surface area contributed by atoms with Crippen molar-refractivity contribution in [3.63, 3.8) is 0 Å². The molecule has 17 heavy (non-hydrogen) atoms. The van der Waals surface area contributed by atoms with E-state index in [4.69, 9.17) is 26.2 Å². The molecule has 0 unspecified atom stereocenters. The third-order valence-corrected chi connectivity index (χ3v) is 2.42. The number of ether oxygens (including phenoxy) is 2. The summed E-state index contributed by atoms with van der Waals surface area (Å²) in [4.78, 5) is 0. The Morgan fingerprint density at radius 3 is 2.76 bits per heavy atom. The van der Waals surface area contributed by atoms with Crippen molar-refractivity contribution in [3.05, 3.63) is 22.7 Å². The lowest BCUT2D eigenvalue weighted by Gasteiger charge is -2.10. The van der Waals surface area contributed by atoms with Gasteiger partial charge in [-0.2, -0.15) is 5.10 Å². The van der Waals surface area contributed by atoms with E-state index in [0.29, 0.717) is 28.6 Å². The molecule has 0 radical (unpaired) electrons. The first-order chi connectivity index (χ1) is 8.24. The molecule has 0 aliphatic carbocycles. The molecule has 0 aliphatic heterocycles. The van der Waals surface area contributed by atoms with Crippen LogP contribution >= 0.6 is 11.6 Å². The lowest BCUT2D eigenvalue weighted by atomic mass is 10.2. The zero-order valence-corrected chi connectivity index (χ0v) is 10.5. The van der Waals surface area contributed by atoms with E-state index in [1.165, 1.54) is 7.11 Å². The second-order valence-corrected chi connectivity index (χ2v) is 3.47. The average Bonchev–Trinajstić information content (AvgIpc) is 2.35. The van der Waals surface area contributed by atoms with Crippen molar-refractivity contribution in [3.8, 4) is 11.5 Å². The molecule has 0 aliphatic rings. The maximum atomic E-state index is 8.57. The van der Waals surface area contributed by atoms with Crippen molar-refractivity contribution in [2.45, 2.75) is 0 Å². The summed E-state index contributed by atoms with van der Waals surface area (Å²) >= 11 is 6.13. The smallest absolute Gasteiger partial charge is 0.180 e. The Morgan fingerprint density at radius 1 is 1.41 bits per heavy atom. The number of hydrogen-bond donors (Lipinski definition) is 2. The fourth-order valence-electron chi connectivity index (χ4n) is 1.23. The number of nitrogens with zero attached hydrogens (tertiary/aromatic N) is 1. The van der Waals surface area contributed by atoms with E-state index in [2.05, 4.69) is 10.5 Å². The third kappa shape index (κ3) is 3.51. The highest BCUT2D eigenvalue weighted by Gasteiger charge is 2.11. The van der Waals surface area contributed by atoms with Crippen LogP contribution in [0.2, 0.25) is 5.02 Å². The molecule has 0 heterocycles. The number of benzene rings is 1. The first-order valence-corrected chi connectivity index (χ1v) is 5.39. The molecule has 0 saturated carbocycles. The van der Waals surface area contributed by atoms with Crippen molar-refractivity contribution < 1.29 is 14.6 Å². The molecule has 5 nitrogen and oxygen atoms in total. The largest absolute Gasteiger partial charge is 0.493 e. The highest BCUT2D eigenvalue weighted by atomic mass is 35.5. The number of aliphatic hydroxyl groups is 1. The minimum absolute atomic E-state index is 0.0248. The number of rotatable bonds is 6. The number of hydrogen-bond acceptors (Lipinski definition) is 5. The van der Waals surface area contributed by atoms with Crippen LogP contribution in [0, 0.1) is 0 Å². The topological polar surface area (TPSA) is 63.1 Å². The Hall–Kier alpha value is -1.46. The Balaban J connectivity index is 2.90. The van der Waals surface area contributed by atoms with Crippen LogP contribution in [0.4, 0.5) is 0 Å². The van der Waals surface area contributed by atoms with Gasteiger partial charge in [0.15, 0.2) is 11.5 Å². The van der Waals surface area contributed by atoms with Gasteiger partial charge in [-0.25, -0.2) is 0 Å². The van der Waals surface area contributed by atoms with Gasteiger partial charge in [-0.15, -0.1) is 0 Å². The molecule has 1 aromatic carbocycles. The Labute approximate surface area is 105 Å². The summed E-state index contributed by atoms with van der Waals surface area (Å²) in [6.07, 6.45) is 1.56. The normalized spacial score (nSPS) is 10.6. The molecule has 0 bridgehead atoms. The fraction of sp³-hybridized carbons (Fsp3) is 0.364. The van der Waals surface area contributed by atoms with Crippen LogP contribution in [0.3, 0.4) is 0 Å². The van der Waals surface area contributed by atoms with Crippen molar-refractivity contribution >= 4 is 17.8 Å². The molecule has 94 valence electrons. The van der Waals surface area contributed by atoms with Gasteiger partial charge in [-0.3, -0.25) is 0 Å². The highest BCUT2D eigenvalue weighted by Crippen LogP contribution is 2.36. The van der Waals surface area contributed by atoms with E-state index in [0.717, 1.165) is 0 Å². The SMILES string of the molecule is COc1ccc(C=NNCCO)c(Cl)c1OC. The highest BCUT2D eigenvalue weighted by molar-refractivity contribution is 6.34. The lowest BCUT2D eigenvalue weighted by Crippen LogP contribution is -2.11. The minimum Gasteiger partial charge on any atom is -0.493 e. The van der Waals surface area contributed by atoms with Gasteiger partial charge in [-0.1, -0.05) is 11.6 Å². The first kappa shape index (κ1) is 13.6. The zero-order valence-electron chi connectivity index (χ0n) is 9.74. The van der Waals surface area contributed by atoms with E-state index >= 15 is 0 Å². The second kappa shape index (κ2) is 6.98. The van der Waals surface area contributed by atoms with Crippen LogP contribution in [0.25, 0.3) is 0 Å². The summed E-state index contributed by atoms with van der Waals surface area (Å²) in [6.45, 7) is 0.415. The van der Waals surface area contributed by atoms with Gasteiger partial charge in [0.2, 0.25) is 0 Å². The molecule has 0 atom stereocenters. The molecule has 1 aromatic rings. The summed E-state index contributed by atoms with van der Waals surface area (Å²) in [6, 6.07) is 3.52. The van der Waals surface area contributed by atoms with Gasteiger partial charge in [0.1, 0.15) is 0 Å². The molecule has 1 rings (SSSR count). The summed E-state index contributed by atoms with van der Waals surface area (Å²) in [5, 5.41) is 12.9. The first-order valence-electron chi connectivity index (χ1n) is 5.01. The molecule has 2 N–H and O–H groups in total. The molecule has 0 aromatic heterocycles. The van der Waals surface area contributed by atoms with Crippen LogP contribution in [-0.4, -0.2) is 38.7 Å². The molecule has 6 heteroatoms. The van der Waals surface area contributed by atoms with Gasteiger partial charge >= 0.3 is 0 Å². The minimum atomic E-state index is 0.0248. The van der Waals surface area contributed by atoms with Gasteiger partial charge in [0.25, 0.3) is 0 Å². The van der Waals surface area contributed by atoms with Crippen molar-refractivity contribution in [2.24, 2.45) is 5.10 Å². The quantitative estimate of drug-likeness (QED) is 0.458. The monoisotopic (exact) mass is 258 g/mol. The van der Waals surface area contributed by atoms with Gasteiger partial charge in [-0.05, 0) is 12.1 Å². The maximum Gasteiger partial charge on any atom is 0.180 e. The molecule has 0 amide bonds. The van der Waals surface area contributed by atoms with Gasteiger partial charge < -0.3 is 20.0 Å². The second-order valence-electron chi connectivity index (χ2n) is 3.09. The molecular formula is C11H15ClN2O3. The summed E-state index contributed by atoms with van der Waals surface area (Å²) in [5.41, 5.74) is 3.37. The van der Waals surface area contributed by atoms with E-state index in [1.54, 1.807) is 25.5 Å². The van der Waals surface area contributed by atoms with Crippen molar-refractivity contribution in [1.82, 2.24) is 5.43 Å². The number of halogens is 1. The van der Waals surface area contributed by atoms with Crippen LogP contribution in [0.1, 0.15) is 5.56 Å². The predicted octanol–water partition coefficient (Wildman–Crippen LogP) is 1.27. The molecule has 0 saturated heterocycles. The fourth-order valence-corrected chi connectivity index (χ4v) is 1.52. The Bertz CT molecular complexity index is 397. The summed E-state index contributed by atoms with van der Waals surface area (Å²) in [7, 11) is 3.07. The maximum absolute atomic E-state index is 8.57. The standard InChI is InChI=1S/C11H15ClN2O3/c1-16-9-4-3-8(7-14-13-5-6-15)10(12)11(9)17-2/h3-4,7,13,15H,5-6H2,1-2H3. The number of aliphatic hydroxyl groups excluding tert-OH is 1. The molecule has 0 fully saturated rings. The summed E-state index contributed by atoms with van der Waals surface area (Å²) in [5.74, 6) is 1.04. The average molecular weight is 259 g/mol. The van der Waals surface area contributed by atoms with Crippen molar-refractivity contribution in [1.29, 1.82) is 0 Å².